The number of hydrogen-bond acceptors (Lipinski definition) is 2. The summed E-state index contributed by atoms with van der Waals surface area (Å²) in [6.07, 6.45) is 1.55. The van der Waals surface area contributed by atoms with Crippen LogP contribution in [0.15, 0.2) is 30.3 Å². The number of hydrogen-bond donors (Lipinski definition) is 1. The van der Waals surface area contributed by atoms with Crippen LogP contribution in [-0.2, 0) is 4.79 Å². The van der Waals surface area contributed by atoms with Crippen LogP contribution in [0.3, 0.4) is 0 Å². The Labute approximate surface area is 88.6 Å². The van der Waals surface area contributed by atoms with Crippen molar-refractivity contribution in [1.29, 1.82) is 0 Å². The first-order chi connectivity index (χ1) is 7.00. The molecule has 2 N–H and O–H groups in total. The van der Waals surface area contributed by atoms with E-state index in [1.54, 1.807) is 30.3 Å². The standard InChI is InChI=1S/C12H13NO2/c1-8(7-9(2)14)10-3-5-11(6-4-10)12(13)15/h3-7H,1-2H3,(H2,13,15). The van der Waals surface area contributed by atoms with E-state index in [2.05, 4.69) is 0 Å². The van der Waals surface area contributed by atoms with Crippen LogP contribution in [-0.4, -0.2) is 11.7 Å². The van der Waals surface area contributed by atoms with E-state index in [1.165, 1.54) is 6.92 Å². The van der Waals surface area contributed by atoms with Crippen molar-refractivity contribution in [2.75, 3.05) is 0 Å². The van der Waals surface area contributed by atoms with Gasteiger partial charge in [0.2, 0.25) is 5.91 Å². The summed E-state index contributed by atoms with van der Waals surface area (Å²) in [5, 5.41) is 0. The van der Waals surface area contributed by atoms with E-state index in [0.29, 0.717) is 5.56 Å². The van der Waals surface area contributed by atoms with Crippen LogP contribution in [0, 0.1) is 0 Å². The Balaban J connectivity index is 2.99. The summed E-state index contributed by atoms with van der Waals surface area (Å²) in [5.41, 5.74) is 7.37. The molecule has 0 atom stereocenters. The maximum Gasteiger partial charge on any atom is 0.248 e. The average Bonchev–Trinajstić information content (AvgIpc) is 2.17. The lowest BCUT2D eigenvalue weighted by molar-refractivity contribution is -0.112. The maximum absolute atomic E-state index is 10.9. The highest BCUT2D eigenvalue weighted by atomic mass is 16.1. The average molecular weight is 203 g/mol. The van der Waals surface area contributed by atoms with Crippen molar-refractivity contribution in [2.24, 2.45) is 5.73 Å². The van der Waals surface area contributed by atoms with Gasteiger partial charge in [-0.15, -0.1) is 0 Å². The third kappa shape index (κ3) is 3.06. The van der Waals surface area contributed by atoms with Crippen molar-refractivity contribution >= 4 is 17.3 Å². The van der Waals surface area contributed by atoms with Gasteiger partial charge in [0.15, 0.2) is 5.78 Å². The van der Waals surface area contributed by atoms with Gasteiger partial charge in [-0.05, 0) is 43.2 Å². The van der Waals surface area contributed by atoms with Gasteiger partial charge >= 0.3 is 0 Å². The van der Waals surface area contributed by atoms with Crippen molar-refractivity contribution in [3.63, 3.8) is 0 Å². The van der Waals surface area contributed by atoms with Gasteiger partial charge < -0.3 is 5.73 Å². The maximum atomic E-state index is 10.9. The van der Waals surface area contributed by atoms with E-state index in [0.717, 1.165) is 11.1 Å². The molecule has 0 aliphatic carbocycles. The molecule has 0 unspecified atom stereocenters. The molecule has 0 fully saturated rings. The summed E-state index contributed by atoms with van der Waals surface area (Å²) in [7, 11) is 0. The molecule has 0 aromatic heterocycles. The molecule has 1 aromatic carbocycles. The number of amides is 1. The minimum absolute atomic E-state index is 0.00600. The molecule has 1 aromatic rings. The van der Waals surface area contributed by atoms with Gasteiger partial charge in [-0.3, -0.25) is 9.59 Å². The van der Waals surface area contributed by atoms with E-state index >= 15 is 0 Å². The van der Waals surface area contributed by atoms with Crippen molar-refractivity contribution in [2.45, 2.75) is 13.8 Å². The van der Waals surface area contributed by atoms with Crippen LogP contribution in [0.25, 0.3) is 5.57 Å². The molecule has 3 heteroatoms. The third-order valence-electron chi connectivity index (χ3n) is 2.04. The summed E-state index contributed by atoms with van der Waals surface area (Å²) in [6, 6.07) is 6.84. The largest absolute Gasteiger partial charge is 0.366 e. The fraction of sp³-hybridized carbons (Fsp3) is 0.167. The molecule has 0 spiro atoms. The van der Waals surface area contributed by atoms with Crippen LogP contribution in [0.2, 0.25) is 0 Å². The highest BCUT2D eigenvalue weighted by molar-refractivity contribution is 5.95. The Morgan fingerprint density at radius 1 is 1.07 bits per heavy atom. The van der Waals surface area contributed by atoms with E-state index in [-0.39, 0.29) is 5.78 Å². The zero-order valence-corrected chi connectivity index (χ0v) is 8.78. The minimum Gasteiger partial charge on any atom is -0.366 e. The molecule has 3 nitrogen and oxygen atoms in total. The summed E-state index contributed by atoms with van der Waals surface area (Å²) in [4.78, 5) is 21.7. The second-order valence-electron chi connectivity index (χ2n) is 3.38. The molecule has 0 aliphatic heterocycles. The van der Waals surface area contributed by atoms with E-state index in [1.807, 2.05) is 6.92 Å². The fourth-order valence-corrected chi connectivity index (χ4v) is 1.29. The molecular weight excluding hydrogens is 190 g/mol. The van der Waals surface area contributed by atoms with Crippen LogP contribution < -0.4 is 5.73 Å². The molecule has 0 radical (unpaired) electrons. The van der Waals surface area contributed by atoms with Gasteiger partial charge in [0.05, 0.1) is 0 Å². The topological polar surface area (TPSA) is 60.2 Å². The normalized spacial score (nSPS) is 11.2. The second kappa shape index (κ2) is 4.55. The van der Waals surface area contributed by atoms with Crippen molar-refractivity contribution in [3.8, 4) is 0 Å². The van der Waals surface area contributed by atoms with E-state index < -0.39 is 5.91 Å². The number of carbonyl (C=O) groups is 2. The number of carbonyl (C=O) groups excluding carboxylic acids is 2. The van der Waals surface area contributed by atoms with Gasteiger partial charge in [-0.2, -0.15) is 0 Å². The smallest absolute Gasteiger partial charge is 0.248 e. The number of allylic oxidation sites excluding steroid dienone is 2. The molecule has 0 saturated carbocycles. The second-order valence-corrected chi connectivity index (χ2v) is 3.38. The van der Waals surface area contributed by atoms with Crippen LogP contribution in [0.4, 0.5) is 0 Å². The van der Waals surface area contributed by atoms with Gasteiger partial charge in [0, 0.05) is 5.56 Å². The monoisotopic (exact) mass is 203 g/mol. The highest BCUT2D eigenvalue weighted by Gasteiger charge is 2.01. The minimum atomic E-state index is -0.449. The number of ketones is 1. The molecule has 0 heterocycles. The molecule has 0 bridgehead atoms. The van der Waals surface area contributed by atoms with Crippen LogP contribution >= 0.6 is 0 Å². The Kier molecular flexibility index (Phi) is 3.39. The van der Waals surface area contributed by atoms with Gasteiger partial charge in [-0.1, -0.05) is 12.1 Å². The lowest BCUT2D eigenvalue weighted by Crippen LogP contribution is -2.10. The molecule has 15 heavy (non-hydrogen) atoms. The predicted molar refractivity (Wildman–Crippen MR) is 59.3 cm³/mol. The van der Waals surface area contributed by atoms with E-state index in [4.69, 9.17) is 5.73 Å². The quantitative estimate of drug-likeness (QED) is 0.761. The predicted octanol–water partition coefficient (Wildman–Crippen LogP) is 1.78. The summed E-state index contributed by atoms with van der Waals surface area (Å²) in [6.45, 7) is 3.35. The molecular formula is C12H13NO2. The first kappa shape index (κ1) is 11.2. The molecule has 0 saturated heterocycles. The highest BCUT2D eigenvalue weighted by Crippen LogP contribution is 2.14. The lowest BCUT2D eigenvalue weighted by atomic mass is 10.0. The molecule has 0 aliphatic rings. The number of rotatable bonds is 3. The first-order valence-electron chi connectivity index (χ1n) is 4.60. The number of benzene rings is 1. The number of nitrogens with two attached hydrogens (primary N) is 1. The molecule has 78 valence electrons. The summed E-state index contributed by atoms with van der Waals surface area (Å²) in [5.74, 6) is -0.443. The first-order valence-corrected chi connectivity index (χ1v) is 4.60. The SMILES string of the molecule is CC(=O)C=C(C)c1ccc(C(N)=O)cc1. The lowest BCUT2D eigenvalue weighted by Gasteiger charge is -2.01. The van der Waals surface area contributed by atoms with Crippen molar-refractivity contribution in [1.82, 2.24) is 0 Å². The molecule has 1 rings (SSSR count). The van der Waals surface area contributed by atoms with Crippen LogP contribution in [0.5, 0.6) is 0 Å². The Morgan fingerprint density at radius 3 is 1.93 bits per heavy atom. The Morgan fingerprint density at radius 2 is 1.53 bits per heavy atom. The zero-order chi connectivity index (χ0) is 11.4. The van der Waals surface area contributed by atoms with Crippen LogP contribution in [0.1, 0.15) is 29.8 Å². The van der Waals surface area contributed by atoms with Gasteiger partial charge in [-0.25, -0.2) is 0 Å². The fourth-order valence-electron chi connectivity index (χ4n) is 1.29. The Bertz CT molecular complexity index is 416. The van der Waals surface area contributed by atoms with Crippen molar-refractivity contribution in [3.05, 3.63) is 41.5 Å². The number of primary amides is 1. The zero-order valence-electron chi connectivity index (χ0n) is 8.78. The summed E-state index contributed by atoms with van der Waals surface area (Å²) >= 11 is 0. The third-order valence-corrected chi connectivity index (χ3v) is 2.04. The Hall–Kier alpha value is -1.90. The van der Waals surface area contributed by atoms with Crippen molar-refractivity contribution < 1.29 is 9.59 Å². The molecule has 1 amide bonds. The van der Waals surface area contributed by atoms with E-state index in [9.17, 15) is 9.59 Å². The van der Waals surface area contributed by atoms with Gasteiger partial charge in [0.1, 0.15) is 0 Å². The summed E-state index contributed by atoms with van der Waals surface area (Å²) < 4.78 is 0. The van der Waals surface area contributed by atoms with Gasteiger partial charge in [0.25, 0.3) is 0 Å².